The maximum atomic E-state index is 12.1. The molecule has 1 saturated heterocycles. The number of benzene rings is 1. The highest BCUT2D eigenvalue weighted by Crippen LogP contribution is 2.30. The number of hydrogen-bond acceptors (Lipinski definition) is 4. The topological polar surface area (TPSA) is 57.6 Å². The molecule has 20 heavy (non-hydrogen) atoms. The number of thioether (sulfide) groups is 1. The molecule has 1 aromatic carbocycles. The number of aromatic hydroxyl groups is 1. The first kappa shape index (κ1) is 14.9. The van der Waals surface area contributed by atoms with Gasteiger partial charge in [-0.05, 0) is 30.5 Å². The van der Waals surface area contributed by atoms with E-state index in [9.17, 15) is 14.7 Å². The zero-order valence-corrected chi connectivity index (χ0v) is 12.5. The Bertz CT molecular complexity index is 500. The van der Waals surface area contributed by atoms with Crippen LogP contribution in [0, 0.1) is 5.92 Å². The van der Waals surface area contributed by atoms with Crippen LogP contribution in [0.15, 0.2) is 24.3 Å². The monoisotopic (exact) mass is 293 g/mol. The van der Waals surface area contributed by atoms with Gasteiger partial charge in [0.2, 0.25) is 5.91 Å². The molecule has 0 spiro atoms. The van der Waals surface area contributed by atoms with Crippen molar-refractivity contribution in [2.24, 2.45) is 5.92 Å². The van der Waals surface area contributed by atoms with Crippen molar-refractivity contribution in [2.45, 2.75) is 26.3 Å². The molecule has 1 aliphatic heterocycles. The fourth-order valence-electron chi connectivity index (χ4n) is 2.46. The number of nitrogens with zero attached hydrogens (tertiary/aromatic N) is 1. The molecule has 2 rings (SSSR count). The average Bonchev–Trinajstić information content (AvgIpc) is 2.78. The summed E-state index contributed by atoms with van der Waals surface area (Å²) < 4.78 is 0. The molecule has 0 bridgehead atoms. The van der Waals surface area contributed by atoms with Crippen LogP contribution < -0.4 is 0 Å². The van der Waals surface area contributed by atoms with Crippen molar-refractivity contribution < 1.29 is 14.7 Å². The van der Waals surface area contributed by atoms with Crippen LogP contribution in [-0.4, -0.2) is 33.3 Å². The van der Waals surface area contributed by atoms with E-state index in [0.717, 1.165) is 5.56 Å². The molecule has 2 unspecified atom stereocenters. The fourth-order valence-corrected chi connectivity index (χ4v) is 3.16. The summed E-state index contributed by atoms with van der Waals surface area (Å²) in [6, 6.07) is 6.94. The van der Waals surface area contributed by atoms with E-state index in [-0.39, 0.29) is 28.7 Å². The highest BCUT2D eigenvalue weighted by molar-refractivity contribution is 8.13. The average molecular weight is 293 g/mol. The van der Waals surface area contributed by atoms with Crippen molar-refractivity contribution in [3.05, 3.63) is 29.8 Å². The Morgan fingerprint density at radius 2 is 2.10 bits per heavy atom. The van der Waals surface area contributed by atoms with Crippen LogP contribution in [0.25, 0.3) is 0 Å². The lowest BCUT2D eigenvalue weighted by molar-refractivity contribution is -0.129. The van der Waals surface area contributed by atoms with Crippen LogP contribution in [0.4, 0.5) is 0 Å². The van der Waals surface area contributed by atoms with E-state index in [0.29, 0.717) is 18.7 Å². The molecule has 108 valence electrons. The molecule has 1 aromatic rings. The Kier molecular flexibility index (Phi) is 4.70. The van der Waals surface area contributed by atoms with Crippen LogP contribution in [0.2, 0.25) is 0 Å². The van der Waals surface area contributed by atoms with Crippen molar-refractivity contribution in [1.82, 2.24) is 4.90 Å². The molecule has 1 amide bonds. The van der Waals surface area contributed by atoms with Crippen molar-refractivity contribution in [3.8, 4) is 5.75 Å². The first-order chi connectivity index (χ1) is 9.47. The fraction of sp³-hybridized carbons (Fsp3) is 0.467. The zero-order valence-electron chi connectivity index (χ0n) is 11.7. The summed E-state index contributed by atoms with van der Waals surface area (Å²) in [6.45, 7) is 4.24. The van der Waals surface area contributed by atoms with E-state index in [1.54, 1.807) is 19.1 Å². The van der Waals surface area contributed by atoms with E-state index in [1.807, 2.05) is 24.0 Å². The Labute approximate surface area is 123 Å². The minimum atomic E-state index is -0.00423. The van der Waals surface area contributed by atoms with Gasteiger partial charge in [0.15, 0.2) is 5.12 Å². The summed E-state index contributed by atoms with van der Waals surface area (Å²) in [7, 11) is 0. The molecule has 1 heterocycles. The van der Waals surface area contributed by atoms with E-state index in [2.05, 4.69) is 0 Å². The van der Waals surface area contributed by atoms with E-state index < -0.39 is 0 Å². The van der Waals surface area contributed by atoms with Crippen LogP contribution in [0.3, 0.4) is 0 Å². The third-order valence-corrected chi connectivity index (χ3v) is 4.65. The maximum Gasteiger partial charge on any atom is 0.223 e. The largest absolute Gasteiger partial charge is 0.508 e. The molecule has 5 heteroatoms. The molecule has 0 aromatic heterocycles. The molecular weight excluding hydrogens is 274 g/mol. The highest BCUT2D eigenvalue weighted by atomic mass is 32.2. The van der Waals surface area contributed by atoms with E-state index in [4.69, 9.17) is 0 Å². The van der Waals surface area contributed by atoms with Crippen molar-refractivity contribution >= 4 is 22.8 Å². The van der Waals surface area contributed by atoms with Gasteiger partial charge in [-0.3, -0.25) is 9.59 Å². The summed E-state index contributed by atoms with van der Waals surface area (Å²) in [5, 5.41) is 9.40. The lowest BCUT2D eigenvalue weighted by atomic mass is 10.1. The molecule has 0 aliphatic carbocycles. The number of phenols is 1. The van der Waals surface area contributed by atoms with Gasteiger partial charge in [0.25, 0.3) is 0 Å². The van der Waals surface area contributed by atoms with Crippen LogP contribution in [-0.2, 0) is 9.59 Å². The third-order valence-electron chi connectivity index (χ3n) is 3.60. The molecule has 1 N–H and O–H groups in total. The summed E-state index contributed by atoms with van der Waals surface area (Å²) in [6.07, 6.45) is 0.517. The molecule has 0 saturated carbocycles. The number of carbonyl (C=O) groups excluding carboxylic acids is 2. The lowest BCUT2D eigenvalue weighted by Gasteiger charge is -2.25. The predicted molar refractivity (Wildman–Crippen MR) is 79.5 cm³/mol. The third kappa shape index (κ3) is 3.54. The van der Waals surface area contributed by atoms with Crippen molar-refractivity contribution in [1.29, 1.82) is 0 Å². The predicted octanol–water partition coefficient (Wildman–Crippen LogP) is 2.58. The second-order valence-corrected chi connectivity index (χ2v) is 6.38. The normalized spacial score (nSPS) is 20.2. The number of hydrogen-bond donors (Lipinski definition) is 1. The number of phenolic OH excluding ortho intramolecular Hbond substituents is 1. The minimum Gasteiger partial charge on any atom is -0.508 e. The van der Waals surface area contributed by atoms with E-state index in [1.165, 1.54) is 11.8 Å². The van der Waals surface area contributed by atoms with Crippen LogP contribution in [0.5, 0.6) is 5.75 Å². The van der Waals surface area contributed by atoms with Crippen LogP contribution >= 0.6 is 11.8 Å². The molecule has 1 fully saturated rings. The van der Waals surface area contributed by atoms with Crippen LogP contribution in [0.1, 0.15) is 31.9 Å². The van der Waals surface area contributed by atoms with Gasteiger partial charge in [-0.1, -0.05) is 23.9 Å². The van der Waals surface area contributed by atoms with Gasteiger partial charge in [-0.25, -0.2) is 0 Å². The maximum absolute atomic E-state index is 12.1. The summed E-state index contributed by atoms with van der Waals surface area (Å²) in [5.41, 5.74) is 1.01. The Morgan fingerprint density at radius 3 is 2.70 bits per heavy atom. The van der Waals surface area contributed by atoms with E-state index >= 15 is 0 Å². The van der Waals surface area contributed by atoms with Crippen molar-refractivity contribution in [3.63, 3.8) is 0 Å². The minimum absolute atomic E-state index is 0.00423. The Hall–Kier alpha value is -1.49. The second kappa shape index (κ2) is 6.31. The second-order valence-electron chi connectivity index (χ2n) is 5.19. The van der Waals surface area contributed by atoms with Gasteiger partial charge in [-0.15, -0.1) is 0 Å². The number of likely N-dealkylation sites (tertiary alicyclic amines) is 1. The molecule has 1 aliphatic rings. The van der Waals surface area contributed by atoms with Crippen molar-refractivity contribution in [2.75, 3.05) is 12.3 Å². The summed E-state index contributed by atoms with van der Waals surface area (Å²) in [4.78, 5) is 24.9. The van der Waals surface area contributed by atoms with Gasteiger partial charge in [0.05, 0.1) is 6.04 Å². The van der Waals surface area contributed by atoms with Gasteiger partial charge < -0.3 is 10.0 Å². The number of amides is 1. The Morgan fingerprint density at radius 1 is 1.45 bits per heavy atom. The smallest absolute Gasteiger partial charge is 0.223 e. The summed E-state index contributed by atoms with van der Waals surface area (Å²) >= 11 is 1.29. The molecule has 4 nitrogen and oxygen atoms in total. The zero-order chi connectivity index (χ0) is 14.7. The SMILES string of the molecule is CC(=O)SCC1CC(=O)N(C(C)c2ccc(O)cc2)C1. The lowest BCUT2D eigenvalue weighted by Crippen LogP contribution is -2.28. The molecule has 0 radical (unpaired) electrons. The standard InChI is InChI=1S/C15H19NO3S/c1-10(13-3-5-14(18)6-4-13)16-8-12(7-15(16)19)9-20-11(2)17/h3-6,10,12,18H,7-9H2,1-2H3. The van der Waals surface area contributed by atoms with Gasteiger partial charge in [0, 0.05) is 25.6 Å². The Balaban J connectivity index is 2.00. The quantitative estimate of drug-likeness (QED) is 0.927. The first-order valence-electron chi connectivity index (χ1n) is 6.69. The summed E-state index contributed by atoms with van der Waals surface area (Å²) in [5.74, 6) is 1.32. The highest BCUT2D eigenvalue weighted by Gasteiger charge is 2.33. The first-order valence-corrected chi connectivity index (χ1v) is 7.67. The number of rotatable bonds is 4. The number of carbonyl (C=O) groups is 2. The van der Waals surface area contributed by atoms with Gasteiger partial charge in [0.1, 0.15) is 5.75 Å². The van der Waals surface area contributed by atoms with Gasteiger partial charge in [-0.2, -0.15) is 0 Å². The molecule has 2 atom stereocenters. The molecular formula is C15H19NO3S. The van der Waals surface area contributed by atoms with Gasteiger partial charge >= 0.3 is 0 Å².